The van der Waals surface area contributed by atoms with Crippen LogP contribution in [0, 0.1) is 11.7 Å². The summed E-state index contributed by atoms with van der Waals surface area (Å²) in [6.45, 7) is 4.70. The van der Waals surface area contributed by atoms with E-state index >= 15 is 4.39 Å². The Kier molecular flexibility index (Phi) is 8.40. The van der Waals surface area contributed by atoms with E-state index < -0.39 is 6.16 Å². The lowest BCUT2D eigenvalue weighted by atomic mass is 9.77. The van der Waals surface area contributed by atoms with E-state index in [1.807, 2.05) is 13.0 Å². The fraction of sp³-hybridized carbons (Fsp3) is 0.367. The summed E-state index contributed by atoms with van der Waals surface area (Å²) >= 11 is 0. The molecule has 0 bridgehead atoms. The molecule has 1 saturated carbocycles. The number of hydrogen-bond donors (Lipinski definition) is 0. The molecule has 0 aromatic heterocycles. The van der Waals surface area contributed by atoms with E-state index in [1.54, 1.807) is 54.6 Å². The van der Waals surface area contributed by atoms with Crippen LogP contribution in [0.25, 0.3) is 11.1 Å². The molecule has 0 unspecified atom stereocenters. The lowest BCUT2D eigenvalue weighted by molar-refractivity contribution is 0.152. The van der Waals surface area contributed by atoms with Gasteiger partial charge in [-0.2, -0.15) is 0 Å². The third-order valence-electron chi connectivity index (χ3n) is 6.71. The van der Waals surface area contributed by atoms with E-state index in [-0.39, 0.29) is 5.82 Å². The predicted octanol–water partition coefficient (Wildman–Crippen LogP) is 8.54. The summed E-state index contributed by atoms with van der Waals surface area (Å²) in [4.78, 5) is 12.1. The Bertz CT molecular complexity index is 1100. The second-order valence-electron chi connectivity index (χ2n) is 9.13. The smallest absolute Gasteiger partial charge is 0.494 e. The van der Waals surface area contributed by atoms with Crippen LogP contribution < -0.4 is 14.2 Å². The van der Waals surface area contributed by atoms with Crippen LogP contribution in [0.3, 0.4) is 0 Å². The van der Waals surface area contributed by atoms with Gasteiger partial charge in [0, 0.05) is 5.56 Å². The molecule has 184 valence electrons. The van der Waals surface area contributed by atoms with E-state index in [9.17, 15) is 4.79 Å². The second-order valence-corrected chi connectivity index (χ2v) is 9.13. The van der Waals surface area contributed by atoms with Crippen LogP contribution in [0.15, 0.2) is 66.7 Å². The van der Waals surface area contributed by atoms with Crippen LogP contribution in [0.2, 0.25) is 0 Å². The second kappa shape index (κ2) is 11.9. The minimum atomic E-state index is -0.842. The van der Waals surface area contributed by atoms with E-state index in [2.05, 4.69) is 13.0 Å². The molecule has 4 nitrogen and oxygen atoms in total. The first-order valence-corrected chi connectivity index (χ1v) is 12.6. The van der Waals surface area contributed by atoms with Crippen molar-refractivity contribution in [3.8, 4) is 28.4 Å². The average molecular weight is 477 g/mol. The topological polar surface area (TPSA) is 44.8 Å². The van der Waals surface area contributed by atoms with Gasteiger partial charge in [0.2, 0.25) is 0 Å². The third-order valence-corrected chi connectivity index (χ3v) is 6.71. The lowest BCUT2D eigenvalue weighted by Crippen LogP contribution is -2.13. The Morgan fingerprint density at radius 3 is 2.00 bits per heavy atom. The third kappa shape index (κ3) is 6.62. The Morgan fingerprint density at radius 2 is 1.43 bits per heavy atom. The fourth-order valence-corrected chi connectivity index (χ4v) is 4.90. The summed E-state index contributed by atoms with van der Waals surface area (Å²) in [7, 11) is 0. The highest BCUT2D eigenvalue weighted by atomic mass is 19.1. The van der Waals surface area contributed by atoms with Crippen LogP contribution >= 0.6 is 0 Å². The number of hydrogen-bond acceptors (Lipinski definition) is 4. The van der Waals surface area contributed by atoms with Crippen LogP contribution in [-0.4, -0.2) is 12.8 Å². The van der Waals surface area contributed by atoms with Gasteiger partial charge in [-0.25, -0.2) is 9.18 Å². The van der Waals surface area contributed by atoms with Crippen molar-refractivity contribution in [1.29, 1.82) is 0 Å². The molecule has 4 rings (SSSR count). The summed E-state index contributed by atoms with van der Waals surface area (Å²) in [6, 6.07) is 19.1. The summed E-state index contributed by atoms with van der Waals surface area (Å²) < 4.78 is 30.8. The van der Waals surface area contributed by atoms with Crippen molar-refractivity contribution in [2.45, 2.75) is 58.3 Å². The summed E-state index contributed by atoms with van der Waals surface area (Å²) in [5.74, 6) is 2.44. The molecular weight excluding hydrogens is 443 g/mol. The molecule has 0 heterocycles. The standard InChI is InChI=1S/C30H33FO4/c1-3-5-21-6-8-22(9-7-21)24-12-19-28(29(31)20-24)23-10-13-26(14-11-23)34-30(32)35-27-17-15-25(16-18-27)33-4-2/h10-22H,3-9H2,1-2H3. The molecule has 0 atom stereocenters. The zero-order chi connectivity index (χ0) is 24.6. The Labute approximate surface area is 207 Å². The minimum absolute atomic E-state index is 0.221. The van der Waals surface area contributed by atoms with Gasteiger partial charge in [0.15, 0.2) is 0 Å². The molecule has 0 aliphatic heterocycles. The lowest BCUT2D eigenvalue weighted by Gasteiger charge is -2.28. The first kappa shape index (κ1) is 24.8. The molecule has 0 amide bonds. The Balaban J connectivity index is 1.34. The Hall–Kier alpha value is -3.34. The van der Waals surface area contributed by atoms with Crippen molar-refractivity contribution in [2.75, 3.05) is 6.61 Å². The van der Waals surface area contributed by atoms with E-state index in [4.69, 9.17) is 14.2 Å². The number of carbonyl (C=O) groups is 1. The van der Waals surface area contributed by atoms with Crippen LogP contribution in [0.4, 0.5) is 9.18 Å². The van der Waals surface area contributed by atoms with Gasteiger partial charge in [-0.3, -0.25) is 0 Å². The molecule has 1 aliphatic rings. The highest BCUT2D eigenvalue weighted by Gasteiger charge is 2.22. The molecule has 0 saturated heterocycles. The molecule has 5 heteroatoms. The van der Waals surface area contributed by atoms with E-state index in [1.165, 1.54) is 25.7 Å². The summed E-state index contributed by atoms with van der Waals surface area (Å²) in [6.07, 6.45) is 6.47. The van der Waals surface area contributed by atoms with E-state index in [0.717, 1.165) is 29.9 Å². The molecule has 0 N–H and O–H groups in total. The van der Waals surface area contributed by atoms with Crippen molar-refractivity contribution < 1.29 is 23.4 Å². The molecule has 35 heavy (non-hydrogen) atoms. The molecule has 0 spiro atoms. The molecule has 1 fully saturated rings. The highest BCUT2D eigenvalue weighted by molar-refractivity contribution is 5.69. The van der Waals surface area contributed by atoms with Crippen molar-refractivity contribution in [1.82, 2.24) is 0 Å². The van der Waals surface area contributed by atoms with Gasteiger partial charge in [-0.15, -0.1) is 0 Å². The average Bonchev–Trinajstić information content (AvgIpc) is 2.87. The van der Waals surface area contributed by atoms with Gasteiger partial charge in [0.1, 0.15) is 23.1 Å². The van der Waals surface area contributed by atoms with Gasteiger partial charge >= 0.3 is 6.16 Å². The number of rotatable bonds is 8. The van der Waals surface area contributed by atoms with Crippen LogP contribution in [0.5, 0.6) is 17.2 Å². The molecule has 1 aliphatic carbocycles. The maximum absolute atomic E-state index is 15.0. The van der Waals surface area contributed by atoms with Crippen LogP contribution in [-0.2, 0) is 0 Å². The minimum Gasteiger partial charge on any atom is -0.494 e. The quantitative estimate of drug-likeness (QED) is 0.241. The zero-order valence-electron chi connectivity index (χ0n) is 20.5. The number of benzene rings is 3. The Morgan fingerprint density at radius 1 is 0.829 bits per heavy atom. The fourth-order valence-electron chi connectivity index (χ4n) is 4.90. The number of ether oxygens (including phenoxy) is 3. The number of halogens is 1. The molecular formula is C30H33FO4. The maximum atomic E-state index is 15.0. The zero-order valence-corrected chi connectivity index (χ0v) is 20.5. The molecule has 0 radical (unpaired) electrons. The summed E-state index contributed by atoms with van der Waals surface area (Å²) in [5, 5.41) is 0. The van der Waals surface area contributed by atoms with Crippen molar-refractivity contribution in [3.05, 3.63) is 78.1 Å². The first-order valence-electron chi connectivity index (χ1n) is 12.6. The first-order chi connectivity index (χ1) is 17.1. The highest BCUT2D eigenvalue weighted by Crippen LogP contribution is 2.38. The van der Waals surface area contributed by atoms with Crippen molar-refractivity contribution in [3.63, 3.8) is 0 Å². The molecule has 3 aromatic rings. The normalized spacial score (nSPS) is 17.6. The van der Waals surface area contributed by atoms with E-state index in [0.29, 0.717) is 35.3 Å². The number of carbonyl (C=O) groups excluding carboxylic acids is 1. The van der Waals surface area contributed by atoms with Gasteiger partial charge in [0.25, 0.3) is 0 Å². The summed E-state index contributed by atoms with van der Waals surface area (Å²) in [5.41, 5.74) is 2.36. The van der Waals surface area contributed by atoms with Crippen LogP contribution in [0.1, 0.15) is 63.9 Å². The predicted molar refractivity (Wildman–Crippen MR) is 136 cm³/mol. The molecule has 3 aromatic carbocycles. The van der Waals surface area contributed by atoms with Crippen molar-refractivity contribution >= 4 is 6.16 Å². The van der Waals surface area contributed by atoms with Crippen molar-refractivity contribution in [2.24, 2.45) is 5.92 Å². The van der Waals surface area contributed by atoms with Gasteiger partial charge in [-0.05, 0) is 98.0 Å². The largest absolute Gasteiger partial charge is 0.519 e. The van der Waals surface area contributed by atoms with Gasteiger partial charge in [0.05, 0.1) is 6.61 Å². The SMILES string of the molecule is CCCC1CCC(c2ccc(-c3ccc(OC(=O)Oc4ccc(OCC)cc4)cc3)c(F)c2)CC1. The maximum Gasteiger partial charge on any atom is 0.519 e. The monoisotopic (exact) mass is 476 g/mol. The van der Waals surface area contributed by atoms with Gasteiger partial charge < -0.3 is 14.2 Å². The van der Waals surface area contributed by atoms with Gasteiger partial charge in [-0.1, -0.05) is 44.0 Å².